The van der Waals surface area contributed by atoms with E-state index in [1.54, 1.807) is 0 Å². The number of nitrogens with zero attached hydrogens (tertiary/aromatic N) is 1. The van der Waals surface area contributed by atoms with Crippen molar-refractivity contribution in [2.45, 2.75) is 19.5 Å². The number of nitrogens with one attached hydrogen (secondary N) is 1. The number of halogens is 1. The molecule has 104 valence electrons. The first-order chi connectivity index (χ1) is 9.24. The van der Waals surface area contributed by atoms with E-state index in [4.69, 9.17) is 9.47 Å². The van der Waals surface area contributed by atoms with E-state index in [0.29, 0.717) is 19.3 Å². The summed E-state index contributed by atoms with van der Waals surface area (Å²) >= 11 is 3.64. The van der Waals surface area contributed by atoms with Gasteiger partial charge in [0.25, 0.3) is 0 Å². The van der Waals surface area contributed by atoms with Crippen LogP contribution in [0.25, 0.3) is 0 Å². The molecule has 0 amide bonds. The van der Waals surface area contributed by atoms with Crippen molar-refractivity contribution in [1.29, 1.82) is 0 Å². The first-order valence-electron chi connectivity index (χ1n) is 6.77. The molecule has 4 nitrogen and oxygen atoms in total. The van der Waals surface area contributed by atoms with Crippen LogP contribution in [0.1, 0.15) is 12.5 Å². The van der Waals surface area contributed by atoms with Crippen molar-refractivity contribution >= 4 is 15.9 Å². The van der Waals surface area contributed by atoms with E-state index in [9.17, 15) is 0 Å². The van der Waals surface area contributed by atoms with Gasteiger partial charge in [-0.2, -0.15) is 0 Å². The third-order valence-electron chi connectivity index (χ3n) is 3.72. The van der Waals surface area contributed by atoms with Crippen LogP contribution in [-0.2, 0) is 6.54 Å². The normalized spacial score (nSPS) is 23.4. The molecule has 2 heterocycles. The average Bonchev–Trinajstić information content (AvgIpc) is 2.42. The minimum Gasteiger partial charge on any atom is -0.486 e. The van der Waals surface area contributed by atoms with Gasteiger partial charge < -0.3 is 14.8 Å². The Morgan fingerprint density at radius 1 is 1.32 bits per heavy atom. The third-order valence-corrected chi connectivity index (χ3v) is 4.46. The van der Waals surface area contributed by atoms with Crippen molar-refractivity contribution in [3.8, 4) is 11.5 Å². The fourth-order valence-corrected chi connectivity index (χ4v) is 3.01. The van der Waals surface area contributed by atoms with Crippen LogP contribution in [0.2, 0.25) is 0 Å². The molecule has 1 unspecified atom stereocenters. The summed E-state index contributed by atoms with van der Waals surface area (Å²) in [6, 6.07) is 4.69. The zero-order chi connectivity index (χ0) is 13.2. The van der Waals surface area contributed by atoms with Crippen LogP contribution >= 0.6 is 15.9 Å². The van der Waals surface area contributed by atoms with Gasteiger partial charge in [-0.1, -0.05) is 15.9 Å². The summed E-state index contributed by atoms with van der Waals surface area (Å²) in [5.74, 6) is 1.71. The van der Waals surface area contributed by atoms with Gasteiger partial charge in [-0.05, 0) is 24.6 Å². The highest BCUT2D eigenvalue weighted by atomic mass is 79.9. The zero-order valence-corrected chi connectivity index (χ0v) is 12.7. The number of rotatable bonds is 2. The largest absolute Gasteiger partial charge is 0.486 e. The summed E-state index contributed by atoms with van der Waals surface area (Å²) in [7, 11) is 0. The van der Waals surface area contributed by atoms with Gasteiger partial charge in [0.2, 0.25) is 0 Å². The van der Waals surface area contributed by atoms with Crippen molar-refractivity contribution in [1.82, 2.24) is 10.2 Å². The van der Waals surface area contributed by atoms with E-state index in [1.165, 1.54) is 5.56 Å². The number of benzene rings is 1. The molecule has 0 bridgehead atoms. The summed E-state index contributed by atoms with van der Waals surface area (Å²) in [6.07, 6.45) is 0. The van der Waals surface area contributed by atoms with Gasteiger partial charge in [-0.25, -0.2) is 0 Å². The lowest BCUT2D eigenvalue weighted by molar-refractivity contribution is 0.161. The SMILES string of the molecule is CC1CNCCN1Cc1cc2c(cc1Br)OCCO2. The smallest absolute Gasteiger partial charge is 0.162 e. The van der Waals surface area contributed by atoms with Crippen LogP contribution in [0, 0.1) is 0 Å². The highest BCUT2D eigenvalue weighted by Gasteiger charge is 2.21. The molecule has 1 atom stereocenters. The van der Waals surface area contributed by atoms with Crippen LogP contribution in [0.3, 0.4) is 0 Å². The minimum absolute atomic E-state index is 0.564. The Morgan fingerprint density at radius 2 is 2.05 bits per heavy atom. The van der Waals surface area contributed by atoms with Gasteiger partial charge in [0.05, 0.1) is 0 Å². The molecule has 1 N–H and O–H groups in total. The minimum atomic E-state index is 0.564. The Morgan fingerprint density at radius 3 is 2.79 bits per heavy atom. The second-order valence-electron chi connectivity index (χ2n) is 5.11. The molecular formula is C14H19BrN2O2. The van der Waals surface area contributed by atoms with E-state index in [1.807, 2.05) is 6.07 Å². The molecule has 0 aliphatic carbocycles. The second kappa shape index (κ2) is 5.69. The number of hydrogen-bond acceptors (Lipinski definition) is 4. The molecule has 3 rings (SSSR count). The first-order valence-corrected chi connectivity index (χ1v) is 7.56. The Labute approximate surface area is 122 Å². The van der Waals surface area contributed by atoms with E-state index in [-0.39, 0.29) is 0 Å². The van der Waals surface area contributed by atoms with Gasteiger partial charge in [0.1, 0.15) is 13.2 Å². The third kappa shape index (κ3) is 2.88. The number of piperazine rings is 1. The van der Waals surface area contributed by atoms with Gasteiger partial charge in [0, 0.05) is 36.7 Å². The molecular weight excluding hydrogens is 308 g/mol. The highest BCUT2D eigenvalue weighted by Crippen LogP contribution is 2.36. The molecule has 0 radical (unpaired) electrons. The Kier molecular flexibility index (Phi) is 3.96. The first kappa shape index (κ1) is 13.2. The Balaban J connectivity index is 1.80. The lowest BCUT2D eigenvalue weighted by Crippen LogP contribution is -2.49. The zero-order valence-electron chi connectivity index (χ0n) is 11.1. The van der Waals surface area contributed by atoms with Crippen molar-refractivity contribution in [2.24, 2.45) is 0 Å². The maximum absolute atomic E-state index is 5.66. The molecule has 19 heavy (non-hydrogen) atoms. The topological polar surface area (TPSA) is 33.7 Å². The van der Waals surface area contributed by atoms with Crippen molar-refractivity contribution in [3.05, 3.63) is 22.2 Å². The van der Waals surface area contributed by atoms with Gasteiger partial charge in [0.15, 0.2) is 11.5 Å². The average molecular weight is 327 g/mol. The molecule has 0 spiro atoms. The fourth-order valence-electron chi connectivity index (χ4n) is 2.56. The van der Waals surface area contributed by atoms with Gasteiger partial charge in [-0.3, -0.25) is 4.90 Å². The Hall–Kier alpha value is -0.780. The van der Waals surface area contributed by atoms with Crippen LogP contribution in [0.5, 0.6) is 11.5 Å². The summed E-state index contributed by atoms with van der Waals surface area (Å²) in [4.78, 5) is 2.49. The number of ether oxygens (including phenoxy) is 2. The highest BCUT2D eigenvalue weighted by molar-refractivity contribution is 9.10. The second-order valence-corrected chi connectivity index (χ2v) is 5.97. The fraction of sp³-hybridized carbons (Fsp3) is 0.571. The standard InChI is InChI=1S/C14H19BrN2O2/c1-10-8-16-2-3-17(10)9-11-6-13-14(7-12(11)15)19-5-4-18-13/h6-7,10,16H,2-5,8-9H2,1H3. The summed E-state index contributed by atoms with van der Waals surface area (Å²) in [5, 5.41) is 3.42. The van der Waals surface area contributed by atoms with Crippen LogP contribution in [0.15, 0.2) is 16.6 Å². The van der Waals surface area contributed by atoms with Crippen molar-refractivity contribution in [2.75, 3.05) is 32.8 Å². The lowest BCUT2D eigenvalue weighted by atomic mass is 10.1. The summed E-state index contributed by atoms with van der Waals surface area (Å²) < 4.78 is 12.3. The van der Waals surface area contributed by atoms with Crippen molar-refractivity contribution < 1.29 is 9.47 Å². The monoisotopic (exact) mass is 326 g/mol. The molecule has 2 aliphatic rings. The lowest BCUT2D eigenvalue weighted by Gasteiger charge is -2.34. The summed E-state index contributed by atoms with van der Waals surface area (Å²) in [6.45, 7) is 7.68. The molecule has 1 saturated heterocycles. The van der Waals surface area contributed by atoms with Crippen LogP contribution in [-0.4, -0.2) is 43.8 Å². The van der Waals surface area contributed by atoms with E-state index in [0.717, 1.165) is 42.2 Å². The molecule has 0 aromatic heterocycles. The van der Waals surface area contributed by atoms with E-state index in [2.05, 4.69) is 39.1 Å². The predicted molar refractivity (Wildman–Crippen MR) is 77.9 cm³/mol. The van der Waals surface area contributed by atoms with E-state index < -0.39 is 0 Å². The van der Waals surface area contributed by atoms with Crippen molar-refractivity contribution in [3.63, 3.8) is 0 Å². The molecule has 5 heteroatoms. The van der Waals surface area contributed by atoms with Crippen LogP contribution < -0.4 is 14.8 Å². The molecule has 1 aromatic rings. The van der Waals surface area contributed by atoms with Gasteiger partial charge >= 0.3 is 0 Å². The molecule has 1 aromatic carbocycles. The maximum atomic E-state index is 5.66. The Bertz CT molecular complexity index is 467. The molecule has 2 aliphatic heterocycles. The number of hydrogen-bond donors (Lipinski definition) is 1. The van der Waals surface area contributed by atoms with Gasteiger partial charge in [-0.15, -0.1) is 0 Å². The molecule has 0 saturated carbocycles. The maximum Gasteiger partial charge on any atom is 0.162 e. The molecule has 1 fully saturated rings. The quantitative estimate of drug-likeness (QED) is 0.901. The number of fused-ring (bicyclic) bond motifs is 1. The van der Waals surface area contributed by atoms with Crippen LogP contribution in [0.4, 0.5) is 0 Å². The van der Waals surface area contributed by atoms with E-state index >= 15 is 0 Å². The predicted octanol–water partition coefficient (Wildman–Crippen LogP) is 2.01. The summed E-state index contributed by atoms with van der Waals surface area (Å²) in [5.41, 5.74) is 1.26.